The van der Waals surface area contributed by atoms with Crippen LogP contribution in [0.25, 0.3) is 0 Å². The third-order valence-electron chi connectivity index (χ3n) is 3.40. The van der Waals surface area contributed by atoms with Crippen LogP contribution in [0.15, 0.2) is 24.5 Å². The molecule has 18 heavy (non-hydrogen) atoms. The Hall–Kier alpha value is -1.62. The summed E-state index contributed by atoms with van der Waals surface area (Å²) in [5, 5.41) is 2.92. The smallest absolute Gasteiger partial charge is 0.317 e. The number of likely N-dealkylation sites (tertiary alicyclic amines) is 1. The lowest BCUT2D eigenvalue weighted by atomic mass is 10.2. The maximum Gasteiger partial charge on any atom is 0.317 e. The van der Waals surface area contributed by atoms with Gasteiger partial charge in [0, 0.05) is 38.6 Å². The van der Waals surface area contributed by atoms with E-state index in [-0.39, 0.29) is 6.03 Å². The average Bonchev–Trinajstić information content (AvgIpc) is 2.83. The minimum atomic E-state index is -0.0147. The number of hydrogen-bond donors (Lipinski definition) is 1. The van der Waals surface area contributed by atoms with Crippen molar-refractivity contribution in [2.24, 2.45) is 0 Å². The van der Waals surface area contributed by atoms with Crippen molar-refractivity contribution in [3.63, 3.8) is 0 Å². The third kappa shape index (κ3) is 3.20. The van der Waals surface area contributed by atoms with Crippen molar-refractivity contribution in [2.45, 2.75) is 19.0 Å². The SMILES string of the molecule is CN1CCC(N(C)C(=O)NCc2cccnc2)C1. The molecular formula is C13H20N4O. The zero-order valence-electron chi connectivity index (χ0n) is 11.0. The number of aromatic nitrogens is 1. The summed E-state index contributed by atoms with van der Waals surface area (Å²) in [7, 11) is 3.95. The topological polar surface area (TPSA) is 48.5 Å². The van der Waals surface area contributed by atoms with Gasteiger partial charge in [-0.2, -0.15) is 0 Å². The molecule has 2 rings (SSSR count). The van der Waals surface area contributed by atoms with Gasteiger partial charge in [-0.05, 0) is 31.6 Å². The maximum absolute atomic E-state index is 12.0. The van der Waals surface area contributed by atoms with Gasteiger partial charge in [0.15, 0.2) is 0 Å². The van der Waals surface area contributed by atoms with Gasteiger partial charge in [0.2, 0.25) is 0 Å². The number of rotatable bonds is 3. The molecule has 1 aliphatic heterocycles. The second-order valence-electron chi connectivity index (χ2n) is 4.84. The lowest BCUT2D eigenvalue weighted by Gasteiger charge is -2.24. The third-order valence-corrected chi connectivity index (χ3v) is 3.40. The molecule has 0 radical (unpaired) electrons. The zero-order valence-corrected chi connectivity index (χ0v) is 11.0. The Morgan fingerprint density at radius 1 is 1.67 bits per heavy atom. The summed E-state index contributed by atoms with van der Waals surface area (Å²) in [5.41, 5.74) is 1.02. The van der Waals surface area contributed by atoms with Gasteiger partial charge in [-0.15, -0.1) is 0 Å². The molecule has 0 bridgehead atoms. The highest BCUT2D eigenvalue weighted by atomic mass is 16.2. The standard InChI is InChI=1S/C13H20N4O/c1-16-7-5-12(10-16)17(2)13(18)15-9-11-4-3-6-14-8-11/h3-4,6,8,12H,5,7,9-10H2,1-2H3,(H,15,18). The number of carbonyl (C=O) groups is 1. The van der Waals surface area contributed by atoms with Crippen LogP contribution in [0.2, 0.25) is 0 Å². The van der Waals surface area contributed by atoms with Crippen molar-refractivity contribution in [3.05, 3.63) is 30.1 Å². The van der Waals surface area contributed by atoms with Crippen LogP contribution >= 0.6 is 0 Å². The van der Waals surface area contributed by atoms with E-state index >= 15 is 0 Å². The molecule has 2 amide bonds. The van der Waals surface area contributed by atoms with Gasteiger partial charge in [-0.1, -0.05) is 6.07 Å². The van der Waals surface area contributed by atoms with Crippen molar-refractivity contribution in [3.8, 4) is 0 Å². The van der Waals surface area contributed by atoms with Gasteiger partial charge in [-0.3, -0.25) is 4.98 Å². The van der Waals surface area contributed by atoms with Crippen molar-refractivity contribution >= 4 is 6.03 Å². The minimum Gasteiger partial charge on any atom is -0.334 e. The summed E-state index contributed by atoms with van der Waals surface area (Å²) in [6.45, 7) is 2.54. The highest BCUT2D eigenvalue weighted by Gasteiger charge is 2.26. The molecule has 2 heterocycles. The molecule has 1 fully saturated rings. The number of nitrogens with one attached hydrogen (secondary N) is 1. The number of amides is 2. The Morgan fingerprint density at radius 3 is 3.11 bits per heavy atom. The van der Waals surface area contributed by atoms with E-state index in [1.165, 1.54) is 0 Å². The quantitative estimate of drug-likeness (QED) is 0.865. The Kier molecular flexibility index (Phi) is 4.15. The van der Waals surface area contributed by atoms with Crippen molar-refractivity contribution < 1.29 is 4.79 Å². The highest BCUT2D eigenvalue weighted by molar-refractivity contribution is 5.74. The number of nitrogens with zero attached hydrogens (tertiary/aromatic N) is 3. The average molecular weight is 248 g/mol. The van der Waals surface area contributed by atoms with Gasteiger partial charge in [0.05, 0.1) is 0 Å². The predicted octanol–water partition coefficient (Wildman–Crippen LogP) is 0.927. The lowest BCUT2D eigenvalue weighted by Crippen LogP contribution is -2.44. The number of carbonyl (C=O) groups excluding carboxylic acids is 1. The van der Waals surface area contributed by atoms with E-state index in [1.54, 1.807) is 17.3 Å². The molecule has 1 atom stereocenters. The second-order valence-corrected chi connectivity index (χ2v) is 4.84. The molecule has 0 aromatic carbocycles. The van der Waals surface area contributed by atoms with Crippen molar-refractivity contribution in [2.75, 3.05) is 27.2 Å². The van der Waals surface area contributed by atoms with E-state index in [1.807, 2.05) is 19.2 Å². The summed E-state index contributed by atoms with van der Waals surface area (Å²) in [5.74, 6) is 0. The number of hydrogen-bond acceptors (Lipinski definition) is 3. The molecule has 1 aromatic rings. The van der Waals surface area contributed by atoms with Gasteiger partial charge in [0.25, 0.3) is 0 Å². The molecule has 0 spiro atoms. The van der Waals surface area contributed by atoms with Crippen LogP contribution in [-0.4, -0.2) is 54.0 Å². The van der Waals surface area contributed by atoms with Gasteiger partial charge in [0.1, 0.15) is 0 Å². The van der Waals surface area contributed by atoms with E-state index in [9.17, 15) is 4.79 Å². The Balaban J connectivity index is 1.81. The molecule has 5 heteroatoms. The molecule has 1 unspecified atom stereocenters. The molecule has 98 valence electrons. The van der Waals surface area contributed by atoms with E-state index in [4.69, 9.17) is 0 Å². The van der Waals surface area contributed by atoms with Crippen LogP contribution in [-0.2, 0) is 6.54 Å². The van der Waals surface area contributed by atoms with E-state index in [0.717, 1.165) is 25.1 Å². The predicted molar refractivity (Wildman–Crippen MR) is 70.1 cm³/mol. The maximum atomic E-state index is 12.0. The normalized spacial score (nSPS) is 19.8. The van der Waals surface area contributed by atoms with Gasteiger partial charge in [-0.25, -0.2) is 4.79 Å². The fraction of sp³-hybridized carbons (Fsp3) is 0.538. The summed E-state index contributed by atoms with van der Waals surface area (Å²) >= 11 is 0. The van der Waals surface area contributed by atoms with Crippen molar-refractivity contribution in [1.82, 2.24) is 20.1 Å². The molecule has 1 aromatic heterocycles. The zero-order chi connectivity index (χ0) is 13.0. The summed E-state index contributed by atoms with van der Waals surface area (Å²) in [4.78, 5) is 20.1. The molecule has 1 saturated heterocycles. The molecular weight excluding hydrogens is 228 g/mol. The largest absolute Gasteiger partial charge is 0.334 e. The van der Waals surface area contributed by atoms with E-state index in [0.29, 0.717) is 12.6 Å². The molecule has 5 nitrogen and oxygen atoms in total. The molecule has 1 N–H and O–H groups in total. The monoisotopic (exact) mass is 248 g/mol. The van der Waals surface area contributed by atoms with Crippen LogP contribution in [0, 0.1) is 0 Å². The minimum absolute atomic E-state index is 0.0147. The first-order valence-corrected chi connectivity index (χ1v) is 6.25. The van der Waals surface area contributed by atoms with Crippen LogP contribution in [0.4, 0.5) is 4.79 Å². The summed E-state index contributed by atoms with van der Waals surface area (Å²) in [6.07, 6.45) is 4.54. The lowest BCUT2D eigenvalue weighted by molar-refractivity contribution is 0.190. The highest BCUT2D eigenvalue weighted by Crippen LogP contribution is 2.12. The molecule has 0 aliphatic carbocycles. The Labute approximate surface area is 108 Å². The Morgan fingerprint density at radius 2 is 2.50 bits per heavy atom. The van der Waals surface area contributed by atoms with Gasteiger partial charge < -0.3 is 15.1 Å². The fourth-order valence-corrected chi connectivity index (χ4v) is 2.20. The molecule has 0 saturated carbocycles. The van der Waals surface area contributed by atoms with Crippen LogP contribution in [0.1, 0.15) is 12.0 Å². The van der Waals surface area contributed by atoms with Crippen LogP contribution < -0.4 is 5.32 Å². The van der Waals surface area contributed by atoms with Crippen LogP contribution in [0.5, 0.6) is 0 Å². The second kappa shape index (κ2) is 5.82. The first-order valence-electron chi connectivity index (χ1n) is 6.25. The number of likely N-dealkylation sites (N-methyl/N-ethyl adjacent to an activating group) is 2. The number of urea groups is 1. The first kappa shape index (κ1) is 12.8. The van der Waals surface area contributed by atoms with Gasteiger partial charge >= 0.3 is 6.03 Å². The first-order chi connectivity index (χ1) is 8.66. The number of pyridine rings is 1. The Bertz CT molecular complexity index is 395. The molecule has 1 aliphatic rings. The summed E-state index contributed by atoms with van der Waals surface area (Å²) < 4.78 is 0. The van der Waals surface area contributed by atoms with E-state index in [2.05, 4.69) is 22.2 Å². The fourth-order valence-electron chi connectivity index (χ4n) is 2.20. The van der Waals surface area contributed by atoms with E-state index < -0.39 is 0 Å². The van der Waals surface area contributed by atoms with Crippen LogP contribution in [0.3, 0.4) is 0 Å². The van der Waals surface area contributed by atoms with Crippen molar-refractivity contribution in [1.29, 1.82) is 0 Å². The summed E-state index contributed by atoms with van der Waals surface area (Å²) in [6, 6.07) is 4.14.